The molecular formula is C26H42O4. The van der Waals surface area contributed by atoms with E-state index in [2.05, 4.69) is 26.8 Å². The summed E-state index contributed by atoms with van der Waals surface area (Å²) in [5, 5.41) is 18.6. The number of aryl methyl sites for hydroxylation is 2. The Hall–Kier alpha value is -1.84. The minimum Gasteiger partial charge on any atom is -0.481 e. The summed E-state index contributed by atoms with van der Waals surface area (Å²) in [5.74, 6) is -1.45. The lowest BCUT2D eigenvalue weighted by Gasteiger charge is -2.21. The highest BCUT2D eigenvalue weighted by molar-refractivity contribution is 5.73. The largest absolute Gasteiger partial charge is 0.481 e. The van der Waals surface area contributed by atoms with Crippen molar-refractivity contribution in [3.8, 4) is 0 Å². The van der Waals surface area contributed by atoms with Crippen molar-refractivity contribution in [1.82, 2.24) is 0 Å². The maximum Gasteiger partial charge on any atom is 0.309 e. The van der Waals surface area contributed by atoms with Crippen LogP contribution in [0.5, 0.6) is 0 Å². The average Bonchev–Trinajstić information content (AvgIpc) is 2.64. The summed E-state index contributed by atoms with van der Waals surface area (Å²) in [7, 11) is 0. The first kappa shape index (κ1) is 26.2. The molecular weight excluding hydrogens is 376 g/mol. The number of unbranched alkanes of at least 4 members (excludes halogenated alkanes) is 3. The van der Waals surface area contributed by atoms with Crippen molar-refractivity contribution in [3.63, 3.8) is 0 Å². The van der Waals surface area contributed by atoms with E-state index >= 15 is 0 Å². The van der Waals surface area contributed by atoms with Crippen LogP contribution < -0.4 is 0 Å². The second-order valence-electron chi connectivity index (χ2n) is 10.2. The van der Waals surface area contributed by atoms with E-state index in [-0.39, 0.29) is 0 Å². The number of carboxylic acid groups (broad SMARTS) is 2. The molecule has 0 saturated carbocycles. The molecule has 0 fully saturated rings. The summed E-state index contributed by atoms with van der Waals surface area (Å²) in [5.41, 5.74) is 5.57. The second-order valence-corrected chi connectivity index (χ2v) is 10.2. The van der Waals surface area contributed by atoms with Gasteiger partial charge in [0.05, 0.1) is 10.8 Å². The number of carbonyl (C=O) groups is 2. The normalized spacial score (nSPS) is 12.2. The van der Waals surface area contributed by atoms with E-state index in [1.807, 2.05) is 0 Å². The fourth-order valence-electron chi connectivity index (χ4n) is 3.93. The number of benzene rings is 1. The molecule has 0 aliphatic rings. The standard InChI is InChI=1S/C26H42O4/c1-18-17-21(13-9-8-11-15-25(4,5)23(27)28)22(20(3)19(18)2)14-10-12-16-26(6,7)24(29)30/h17H,8-16H2,1-7H3,(H,27,28)(H,29,30). The van der Waals surface area contributed by atoms with Gasteiger partial charge in [0.2, 0.25) is 0 Å². The third-order valence-corrected chi connectivity index (χ3v) is 6.77. The van der Waals surface area contributed by atoms with Crippen molar-refractivity contribution in [3.05, 3.63) is 33.9 Å². The summed E-state index contributed by atoms with van der Waals surface area (Å²) >= 11 is 0. The molecule has 2 N–H and O–H groups in total. The molecule has 30 heavy (non-hydrogen) atoms. The average molecular weight is 419 g/mol. The van der Waals surface area contributed by atoms with Crippen LogP contribution in [-0.4, -0.2) is 22.2 Å². The molecule has 0 radical (unpaired) electrons. The molecule has 0 bridgehead atoms. The van der Waals surface area contributed by atoms with Gasteiger partial charge >= 0.3 is 11.9 Å². The molecule has 1 aromatic carbocycles. The van der Waals surface area contributed by atoms with Crippen LogP contribution in [-0.2, 0) is 22.4 Å². The number of hydrogen-bond donors (Lipinski definition) is 2. The van der Waals surface area contributed by atoms with Gasteiger partial charge in [0, 0.05) is 0 Å². The number of hydrogen-bond acceptors (Lipinski definition) is 2. The first-order valence-electron chi connectivity index (χ1n) is 11.3. The molecule has 0 aromatic heterocycles. The highest BCUT2D eigenvalue weighted by Gasteiger charge is 2.27. The smallest absolute Gasteiger partial charge is 0.309 e. The molecule has 1 rings (SSSR count). The predicted octanol–water partition coefficient (Wildman–Crippen LogP) is 6.65. The van der Waals surface area contributed by atoms with Crippen LogP contribution in [0.25, 0.3) is 0 Å². The maximum atomic E-state index is 11.3. The zero-order chi connectivity index (χ0) is 23.1. The van der Waals surface area contributed by atoms with Crippen LogP contribution in [0.4, 0.5) is 0 Å². The molecule has 4 heteroatoms. The Bertz CT molecular complexity index is 744. The summed E-state index contributed by atoms with van der Waals surface area (Å²) < 4.78 is 0. The van der Waals surface area contributed by atoms with Crippen molar-refractivity contribution in [2.45, 2.75) is 106 Å². The highest BCUT2D eigenvalue weighted by atomic mass is 16.4. The SMILES string of the molecule is Cc1cc(CCCCCC(C)(C)C(=O)O)c(CCCCC(C)(C)C(=O)O)c(C)c1C. The Balaban J connectivity index is 2.70. The highest BCUT2D eigenvalue weighted by Crippen LogP contribution is 2.29. The summed E-state index contributed by atoms with van der Waals surface area (Å²) in [6, 6.07) is 2.32. The van der Waals surface area contributed by atoms with E-state index in [0.29, 0.717) is 12.8 Å². The van der Waals surface area contributed by atoms with E-state index in [9.17, 15) is 19.8 Å². The molecule has 0 aliphatic carbocycles. The number of rotatable bonds is 13. The maximum absolute atomic E-state index is 11.3. The van der Waals surface area contributed by atoms with Gasteiger partial charge in [-0.15, -0.1) is 0 Å². The fourth-order valence-corrected chi connectivity index (χ4v) is 3.93. The minimum absolute atomic E-state index is 0.647. The van der Waals surface area contributed by atoms with Crippen LogP contribution in [0, 0.1) is 31.6 Å². The number of aliphatic carboxylic acids is 2. The third-order valence-electron chi connectivity index (χ3n) is 6.77. The molecule has 4 nitrogen and oxygen atoms in total. The van der Waals surface area contributed by atoms with Gasteiger partial charge in [-0.05, 0) is 115 Å². The van der Waals surface area contributed by atoms with Crippen molar-refractivity contribution < 1.29 is 19.8 Å². The van der Waals surface area contributed by atoms with Gasteiger partial charge in [0.1, 0.15) is 0 Å². The molecule has 0 spiro atoms. The van der Waals surface area contributed by atoms with Gasteiger partial charge in [-0.3, -0.25) is 9.59 Å². The molecule has 1 aromatic rings. The van der Waals surface area contributed by atoms with E-state index in [0.717, 1.165) is 44.9 Å². The molecule has 0 unspecified atom stereocenters. The Morgan fingerprint density at radius 1 is 0.733 bits per heavy atom. The quantitative estimate of drug-likeness (QED) is 0.352. The van der Waals surface area contributed by atoms with Crippen molar-refractivity contribution >= 4 is 11.9 Å². The van der Waals surface area contributed by atoms with Gasteiger partial charge in [-0.2, -0.15) is 0 Å². The first-order chi connectivity index (χ1) is 13.8. The Labute approximate surface area is 183 Å². The zero-order valence-electron chi connectivity index (χ0n) is 20.2. The Kier molecular flexibility index (Phi) is 9.58. The zero-order valence-corrected chi connectivity index (χ0v) is 20.2. The van der Waals surface area contributed by atoms with Crippen LogP contribution in [0.15, 0.2) is 6.07 Å². The van der Waals surface area contributed by atoms with Crippen LogP contribution in [0.3, 0.4) is 0 Å². The van der Waals surface area contributed by atoms with Gasteiger partial charge in [0.15, 0.2) is 0 Å². The van der Waals surface area contributed by atoms with Crippen LogP contribution in [0.2, 0.25) is 0 Å². The molecule has 170 valence electrons. The Morgan fingerprint density at radius 2 is 1.20 bits per heavy atom. The van der Waals surface area contributed by atoms with Crippen molar-refractivity contribution in [2.75, 3.05) is 0 Å². The van der Waals surface area contributed by atoms with E-state index in [1.165, 1.54) is 27.8 Å². The third kappa shape index (κ3) is 7.45. The molecule has 0 aliphatic heterocycles. The van der Waals surface area contributed by atoms with E-state index < -0.39 is 22.8 Å². The van der Waals surface area contributed by atoms with Gasteiger partial charge in [-0.25, -0.2) is 0 Å². The van der Waals surface area contributed by atoms with E-state index in [1.54, 1.807) is 27.7 Å². The molecule has 0 atom stereocenters. The molecule has 0 amide bonds. The summed E-state index contributed by atoms with van der Waals surface area (Å²) in [4.78, 5) is 22.6. The first-order valence-corrected chi connectivity index (χ1v) is 11.3. The fraction of sp³-hybridized carbons (Fsp3) is 0.692. The summed E-state index contributed by atoms with van der Waals surface area (Å²) in [6.45, 7) is 13.7. The Morgan fingerprint density at radius 3 is 1.70 bits per heavy atom. The lowest BCUT2D eigenvalue weighted by Crippen LogP contribution is -2.23. The number of carboxylic acids is 2. The van der Waals surface area contributed by atoms with Gasteiger partial charge < -0.3 is 10.2 Å². The van der Waals surface area contributed by atoms with Crippen molar-refractivity contribution in [2.24, 2.45) is 10.8 Å². The van der Waals surface area contributed by atoms with Crippen LogP contribution in [0.1, 0.15) is 100 Å². The lowest BCUT2D eigenvalue weighted by molar-refractivity contribution is -0.148. The van der Waals surface area contributed by atoms with Crippen molar-refractivity contribution in [1.29, 1.82) is 0 Å². The molecule has 0 saturated heterocycles. The van der Waals surface area contributed by atoms with Gasteiger partial charge in [0.25, 0.3) is 0 Å². The van der Waals surface area contributed by atoms with Crippen LogP contribution >= 0.6 is 0 Å². The predicted molar refractivity (Wildman–Crippen MR) is 123 cm³/mol. The molecule has 0 heterocycles. The van der Waals surface area contributed by atoms with E-state index in [4.69, 9.17) is 0 Å². The monoisotopic (exact) mass is 418 g/mol. The topological polar surface area (TPSA) is 74.6 Å². The second kappa shape index (κ2) is 11.0. The van der Waals surface area contributed by atoms with Gasteiger partial charge in [-0.1, -0.05) is 25.3 Å². The summed E-state index contributed by atoms with van der Waals surface area (Å²) in [6.07, 6.45) is 8.36. The lowest BCUT2D eigenvalue weighted by atomic mass is 9.84. The minimum atomic E-state index is -0.725.